The molecule has 0 unspecified atom stereocenters. The van der Waals surface area contributed by atoms with E-state index in [2.05, 4.69) is 169 Å². The molecule has 2 aromatic heterocycles. The molecule has 0 atom stereocenters. The Morgan fingerprint density at radius 3 is 1.40 bits per heavy atom. The molecule has 0 N–H and O–H groups in total. The molecule has 8 rings (SSSR count). The van der Waals surface area contributed by atoms with Gasteiger partial charge in [-0.1, -0.05) is 124 Å². The molecule has 0 saturated carbocycles. The summed E-state index contributed by atoms with van der Waals surface area (Å²) in [5, 5.41) is 5.06. The van der Waals surface area contributed by atoms with Gasteiger partial charge in [-0.15, -0.1) is 0 Å². The molecule has 202 valence electrons. The second kappa shape index (κ2) is 9.22. The van der Waals surface area contributed by atoms with Gasteiger partial charge in [0.15, 0.2) is 0 Å². The van der Waals surface area contributed by atoms with E-state index in [9.17, 15) is 0 Å². The van der Waals surface area contributed by atoms with Crippen LogP contribution in [0.1, 0.15) is 26.3 Å². The van der Waals surface area contributed by atoms with Crippen LogP contribution >= 0.6 is 0 Å². The van der Waals surface area contributed by atoms with Gasteiger partial charge < -0.3 is 9.13 Å². The van der Waals surface area contributed by atoms with Crippen LogP contribution < -0.4 is 0 Å². The molecular weight excluding hydrogens is 508 g/mol. The number of para-hydroxylation sites is 4. The molecule has 6 aromatic carbocycles. The number of benzene rings is 6. The zero-order valence-corrected chi connectivity index (χ0v) is 24.2. The van der Waals surface area contributed by atoms with E-state index in [-0.39, 0.29) is 5.41 Å². The Morgan fingerprint density at radius 2 is 0.857 bits per heavy atom. The lowest BCUT2D eigenvalue weighted by Gasteiger charge is -2.19. The third-order valence-electron chi connectivity index (χ3n) is 8.70. The van der Waals surface area contributed by atoms with Crippen LogP contribution in [0, 0.1) is 0 Å². The van der Waals surface area contributed by atoms with Crippen molar-refractivity contribution in [1.29, 1.82) is 0 Å². The first-order valence-electron chi connectivity index (χ1n) is 14.7. The lowest BCUT2D eigenvalue weighted by atomic mass is 9.86. The van der Waals surface area contributed by atoms with Gasteiger partial charge in [0.05, 0.1) is 27.8 Å². The van der Waals surface area contributed by atoms with E-state index in [4.69, 9.17) is 0 Å². The zero-order chi connectivity index (χ0) is 28.4. The minimum atomic E-state index is 0.146. The maximum Gasteiger partial charge on any atom is 0.0782 e. The van der Waals surface area contributed by atoms with Gasteiger partial charge in [0, 0.05) is 27.2 Å². The van der Waals surface area contributed by atoms with Gasteiger partial charge in [-0.05, 0) is 58.5 Å². The predicted octanol–water partition coefficient (Wildman–Crippen LogP) is 10.8. The fourth-order valence-corrected chi connectivity index (χ4v) is 6.60. The maximum atomic E-state index is 2.44. The molecule has 2 heterocycles. The molecule has 2 nitrogen and oxygen atoms in total. The molecule has 0 aliphatic rings. The summed E-state index contributed by atoms with van der Waals surface area (Å²) in [5.74, 6) is 0. The van der Waals surface area contributed by atoms with Crippen molar-refractivity contribution >= 4 is 43.6 Å². The van der Waals surface area contributed by atoms with Crippen molar-refractivity contribution in [3.05, 3.63) is 145 Å². The van der Waals surface area contributed by atoms with Gasteiger partial charge in [0.25, 0.3) is 0 Å². The highest BCUT2D eigenvalue weighted by Gasteiger charge is 2.19. The first-order chi connectivity index (χ1) is 20.5. The average Bonchev–Trinajstić information content (AvgIpc) is 3.54. The number of hydrogen-bond donors (Lipinski definition) is 0. The predicted molar refractivity (Wildman–Crippen MR) is 179 cm³/mol. The summed E-state index contributed by atoms with van der Waals surface area (Å²) in [7, 11) is 0. The fourth-order valence-electron chi connectivity index (χ4n) is 6.60. The van der Waals surface area contributed by atoms with Crippen LogP contribution in [0.15, 0.2) is 140 Å². The van der Waals surface area contributed by atoms with E-state index in [0.29, 0.717) is 0 Å². The topological polar surface area (TPSA) is 9.86 Å². The van der Waals surface area contributed by atoms with E-state index in [1.807, 2.05) is 0 Å². The van der Waals surface area contributed by atoms with Crippen molar-refractivity contribution in [2.45, 2.75) is 26.2 Å². The highest BCUT2D eigenvalue weighted by Crippen LogP contribution is 2.39. The van der Waals surface area contributed by atoms with Crippen molar-refractivity contribution in [2.75, 3.05) is 0 Å². The van der Waals surface area contributed by atoms with Crippen molar-refractivity contribution in [3.63, 3.8) is 0 Å². The molecule has 0 aliphatic carbocycles. The third-order valence-corrected chi connectivity index (χ3v) is 8.70. The van der Waals surface area contributed by atoms with Crippen molar-refractivity contribution in [1.82, 2.24) is 9.13 Å². The van der Waals surface area contributed by atoms with Gasteiger partial charge >= 0.3 is 0 Å². The molecule has 2 heteroatoms. The Hall–Kier alpha value is -5.08. The fraction of sp³-hybridized carbons (Fsp3) is 0.100. The molecule has 8 aromatic rings. The van der Waals surface area contributed by atoms with Crippen LogP contribution in [-0.2, 0) is 5.41 Å². The van der Waals surface area contributed by atoms with E-state index < -0.39 is 0 Å². The summed E-state index contributed by atoms with van der Waals surface area (Å²) in [4.78, 5) is 0. The molecule has 0 amide bonds. The summed E-state index contributed by atoms with van der Waals surface area (Å²) < 4.78 is 4.88. The van der Waals surface area contributed by atoms with Gasteiger partial charge in [0.2, 0.25) is 0 Å². The first-order valence-corrected chi connectivity index (χ1v) is 14.7. The number of nitrogens with zero attached hydrogens (tertiary/aromatic N) is 2. The molecule has 0 aliphatic heterocycles. The molecule has 0 fully saturated rings. The summed E-state index contributed by atoms with van der Waals surface area (Å²) in [6.07, 6.45) is 0. The smallest absolute Gasteiger partial charge is 0.0782 e. The molecule has 0 radical (unpaired) electrons. The second-order valence-corrected chi connectivity index (χ2v) is 12.3. The van der Waals surface area contributed by atoms with Crippen LogP contribution in [0.5, 0.6) is 0 Å². The van der Waals surface area contributed by atoms with Crippen LogP contribution in [-0.4, -0.2) is 9.13 Å². The highest BCUT2D eigenvalue weighted by molar-refractivity contribution is 6.15. The van der Waals surface area contributed by atoms with Crippen LogP contribution in [0.2, 0.25) is 0 Å². The first kappa shape index (κ1) is 24.7. The second-order valence-electron chi connectivity index (χ2n) is 12.3. The molecular formula is C40H32N2. The van der Waals surface area contributed by atoms with E-state index in [0.717, 1.165) is 5.69 Å². The van der Waals surface area contributed by atoms with Crippen LogP contribution in [0.3, 0.4) is 0 Å². The Kier molecular flexibility index (Phi) is 5.42. The summed E-state index contributed by atoms with van der Waals surface area (Å²) in [6.45, 7) is 6.78. The number of rotatable bonds is 3. The van der Waals surface area contributed by atoms with Crippen molar-refractivity contribution < 1.29 is 0 Å². The highest BCUT2D eigenvalue weighted by atomic mass is 15.1. The quantitative estimate of drug-likeness (QED) is 0.211. The van der Waals surface area contributed by atoms with Crippen LogP contribution in [0.25, 0.3) is 66.1 Å². The number of fused-ring (bicyclic) bond motifs is 6. The average molecular weight is 541 g/mol. The van der Waals surface area contributed by atoms with E-state index in [1.165, 1.54) is 66.0 Å². The minimum Gasteiger partial charge on any atom is -0.307 e. The number of aromatic nitrogens is 2. The van der Waals surface area contributed by atoms with Gasteiger partial charge in [-0.3, -0.25) is 0 Å². The SMILES string of the molecule is CC(C)(C)c1ccc(-c2ccc(-n3c4ccccc4c4cccc(-n5c6ccccc6c6ccccc65)c43)cc2)cc1. The Labute approximate surface area is 246 Å². The molecule has 0 saturated heterocycles. The van der Waals surface area contributed by atoms with Gasteiger partial charge in [-0.25, -0.2) is 0 Å². The summed E-state index contributed by atoms with van der Waals surface area (Å²) >= 11 is 0. The van der Waals surface area contributed by atoms with E-state index in [1.54, 1.807) is 0 Å². The van der Waals surface area contributed by atoms with Crippen molar-refractivity contribution in [2.24, 2.45) is 0 Å². The Bertz CT molecular complexity index is 2200. The Morgan fingerprint density at radius 1 is 0.405 bits per heavy atom. The maximum absolute atomic E-state index is 2.44. The Balaban J connectivity index is 1.37. The monoisotopic (exact) mass is 540 g/mol. The summed E-state index contributed by atoms with van der Waals surface area (Å²) in [6, 6.07) is 51.0. The standard InChI is InChI=1S/C40H32N2/c1-40(2,3)29-23-19-27(20-24-29)28-21-25-30(26-22-28)41-35-15-7-6-13-33(35)34-14-10-18-38(39(34)41)42-36-16-8-4-11-31(36)32-12-5-9-17-37(32)42/h4-26H,1-3H3. The number of hydrogen-bond acceptors (Lipinski definition) is 0. The zero-order valence-electron chi connectivity index (χ0n) is 24.2. The largest absolute Gasteiger partial charge is 0.307 e. The van der Waals surface area contributed by atoms with E-state index >= 15 is 0 Å². The lowest BCUT2D eigenvalue weighted by Crippen LogP contribution is -2.10. The molecule has 0 bridgehead atoms. The molecule has 0 spiro atoms. The van der Waals surface area contributed by atoms with Gasteiger partial charge in [0.1, 0.15) is 0 Å². The van der Waals surface area contributed by atoms with Gasteiger partial charge in [-0.2, -0.15) is 0 Å². The summed E-state index contributed by atoms with van der Waals surface area (Å²) in [5.41, 5.74) is 11.2. The lowest BCUT2D eigenvalue weighted by molar-refractivity contribution is 0.590. The minimum absolute atomic E-state index is 0.146. The third kappa shape index (κ3) is 3.72. The molecule has 42 heavy (non-hydrogen) atoms. The van der Waals surface area contributed by atoms with Crippen LogP contribution in [0.4, 0.5) is 0 Å². The normalized spacial score (nSPS) is 12.2. The van der Waals surface area contributed by atoms with Crippen molar-refractivity contribution in [3.8, 4) is 22.5 Å².